The minimum absolute atomic E-state index is 0.0669. The summed E-state index contributed by atoms with van der Waals surface area (Å²) in [5, 5.41) is 104. The van der Waals surface area contributed by atoms with Gasteiger partial charge in [-0.05, 0) is 30.7 Å². The molecular weight excluding hydrogens is 760 g/mol. The van der Waals surface area contributed by atoms with Crippen molar-refractivity contribution in [3.05, 3.63) is 29.8 Å². The summed E-state index contributed by atoms with van der Waals surface area (Å²) in [5.41, 5.74) is -2.48. The number of carbonyl (C=O) groups excluding carboxylic acids is 2. The van der Waals surface area contributed by atoms with Crippen molar-refractivity contribution in [2.24, 2.45) is 11.8 Å². The van der Waals surface area contributed by atoms with Crippen LogP contribution in [-0.2, 0) is 48.8 Å². The minimum Gasteiger partial charge on any atom is -0.508 e. The lowest BCUT2D eigenvalue weighted by Gasteiger charge is -2.47. The molecule has 0 aromatic heterocycles. The monoisotopic (exact) mass is 806 g/mol. The van der Waals surface area contributed by atoms with Crippen LogP contribution in [0.3, 0.4) is 0 Å². The highest BCUT2D eigenvalue weighted by molar-refractivity contribution is 7.86. The fraction of sp³-hybridized carbons (Fsp3) is 0.765. The highest BCUT2D eigenvalue weighted by Gasteiger charge is 2.75. The van der Waals surface area contributed by atoms with Crippen molar-refractivity contribution < 1.29 is 98.0 Å². The van der Waals surface area contributed by atoms with Crippen molar-refractivity contribution in [3.8, 4) is 5.75 Å². The molecule has 1 saturated carbocycles. The third-order valence-corrected chi connectivity index (χ3v) is 13.5. The van der Waals surface area contributed by atoms with Crippen LogP contribution in [0.1, 0.15) is 30.1 Å². The number of rotatable bonds is 8. The number of benzene rings is 1. The lowest BCUT2D eigenvalue weighted by molar-refractivity contribution is -0.372. The molecule has 21 heteroatoms. The number of hydrogen-bond donors (Lipinski definition) is 10. The van der Waals surface area contributed by atoms with E-state index in [2.05, 4.69) is 0 Å². The number of aliphatic hydroxyl groups is 9. The Kier molecular flexibility index (Phi) is 11.5. The summed E-state index contributed by atoms with van der Waals surface area (Å²) in [6, 6.07) is 5.31. The second-order valence-corrected chi connectivity index (χ2v) is 16.7. The van der Waals surface area contributed by atoms with Crippen molar-refractivity contribution in [1.29, 1.82) is 0 Å². The molecule has 5 aliphatic heterocycles. The zero-order valence-electron chi connectivity index (χ0n) is 29.3. The Balaban J connectivity index is 1.11. The van der Waals surface area contributed by atoms with E-state index in [0.29, 0.717) is 0 Å². The molecule has 5 saturated heterocycles. The number of hydrogen-bond acceptors (Lipinski definition) is 20. The molecule has 6 aliphatic rings. The standard InChI is InChI=1S/C34H46O20S/c1-12-10-48-33(7-16(12)49-29(44)13-2-4-14(37)5-3-13)32(45)34(46)20(38)6-15-19(11-55(47)27(15)28(34)54-33)52-31-26(24(42)22(40)18(9-36)51-31)53-30-25(43)23(41)21(39)17(8-35)50-30/h2-5,12,15-28,30-31,35-43,46H,6-11H2,1H3/t12-,15-,16+,17-,18-,19+,20+,21-,22-,23+,24+,25-,26-,27+,28-,30+,31+,33+,34-,55+/m1/s1. The summed E-state index contributed by atoms with van der Waals surface area (Å²) in [7, 11) is -1.92. The Labute approximate surface area is 315 Å². The van der Waals surface area contributed by atoms with Crippen LogP contribution in [0.25, 0.3) is 0 Å². The van der Waals surface area contributed by atoms with Gasteiger partial charge in [-0.1, -0.05) is 6.92 Å². The highest BCUT2D eigenvalue weighted by Crippen LogP contribution is 2.53. The molecule has 7 rings (SSSR count). The largest absolute Gasteiger partial charge is 0.508 e. The van der Waals surface area contributed by atoms with Gasteiger partial charge in [0.05, 0.1) is 48.6 Å². The minimum atomic E-state index is -2.60. The Hall–Kier alpha value is -2.29. The van der Waals surface area contributed by atoms with Crippen LogP contribution in [0.2, 0.25) is 0 Å². The van der Waals surface area contributed by atoms with E-state index in [1.54, 1.807) is 6.92 Å². The van der Waals surface area contributed by atoms with Crippen LogP contribution in [0.15, 0.2) is 24.3 Å². The number of ether oxygens (including phenoxy) is 7. The van der Waals surface area contributed by atoms with Gasteiger partial charge in [0.2, 0.25) is 11.6 Å². The van der Waals surface area contributed by atoms with Gasteiger partial charge in [0.15, 0.2) is 18.2 Å². The van der Waals surface area contributed by atoms with Crippen molar-refractivity contribution >= 4 is 22.6 Å². The zero-order chi connectivity index (χ0) is 39.7. The molecule has 308 valence electrons. The Morgan fingerprint density at radius 3 is 2.18 bits per heavy atom. The van der Waals surface area contributed by atoms with Crippen LogP contribution in [0.4, 0.5) is 0 Å². The van der Waals surface area contributed by atoms with Crippen LogP contribution in [0, 0.1) is 11.8 Å². The van der Waals surface area contributed by atoms with E-state index in [0.717, 1.165) is 0 Å². The first-order chi connectivity index (χ1) is 26.0. The van der Waals surface area contributed by atoms with Gasteiger partial charge < -0.3 is 84.2 Å². The maximum atomic E-state index is 14.1. The molecule has 10 N–H and O–H groups in total. The van der Waals surface area contributed by atoms with E-state index >= 15 is 0 Å². The van der Waals surface area contributed by atoms with E-state index in [1.807, 2.05) is 0 Å². The third-order valence-electron chi connectivity index (χ3n) is 11.6. The van der Waals surface area contributed by atoms with Gasteiger partial charge in [0.25, 0.3) is 0 Å². The van der Waals surface area contributed by atoms with Gasteiger partial charge in [-0.3, -0.25) is 9.00 Å². The van der Waals surface area contributed by atoms with Crippen molar-refractivity contribution in [2.75, 3.05) is 25.6 Å². The van der Waals surface area contributed by atoms with Gasteiger partial charge in [-0.15, -0.1) is 0 Å². The zero-order valence-corrected chi connectivity index (χ0v) is 30.1. The van der Waals surface area contributed by atoms with Crippen LogP contribution >= 0.6 is 0 Å². The van der Waals surface area contributed by atoms with Gasteiger partial charge in [-0.2, -0.15) is 0 Å². The maximum absolute atomic E-state index is 14.1. The normalized spacial score (nSPS) is 49.7. The Bertz CT molecular complexity index is 1600. The first-order valence-electron chi connectivity index (χ1n) is 17.9. The summed E-state index contributed by atoms with van der Waals surface area (Å²) in [6.07, 6.45) is -23.5. The average molecular weight is 807 g/mol. The number of aromatic hydroxyl groups is 1. The number of phenols is 1. The van der Waals surface area contributed by atoms with Crippen molar-refractivity contribution in [3.63, 3.8) is 0 Å². The van der Waals surface area contributed by atoms with Gasteiger partial charge in [-0.25, -0.2) is 4.79 Å². The topological polar surface area (TPSA) is 318 Å². The van der Waals surface area contributed by atoms with E-state index in [9.17, 15) is 64.9 Å². The highest BCUT2D eigenvalue weighted by atomic mass is 32.2. The predicted molar refractivity (Wildman–Crippen MR) is 177 cm³/mol. The van der Waals surface area contributed by atoms with Crippen molar-refractivity contribution in [2.45, 2.75) is 122 Å². The van der Waals surface area contributed by atoms with Crippen LogP contribution in [0.5, 0.6) is 5.75 Å². The molecule has 20 atom stereocenters. The van der Waals surface area contributed by atoms with E-state index < -0.39 is 150 Å². The van der Waals surface area contributed by atoms with Crippen LogP contribution in [-0.4, -0.2) is 195 Å². The number of ketones is 1. The number of fused-ring (bicyclic) bond motifs is 3. The lowest BCUT2D eigenvalue weighted by Crippen LogP contribution is -2.66. The average Bonchev–Trinajstić information content (AvgIpc) is 3.58. The quantitative estimate of drug-likeness (QED) is 0.110. The summed E-state index contributed by atoms with van der Waals surface area (Å²) >= 11 is 0. The van der Waals surface area contributed by atoms with Crippen LogP contribution < -0.4 is 0 Å². The van der Waals surface area contributed by atoms with Gasteiger partial charge in [0, 0.05) is 29.1 Å². The summed E-state index contributed by atoms with van der Waals surface area (Å²) in [5.74, 6) is -5.70. The molecule has 0 bridgehead atoms. The molecule has 6 fully saturated rings. The third kappa shape index (κ3) is 6.94. The molecule has 55 heavy (non-hydrogen) atoms. The molecule has 0 unspecified atom stereocenters. The smallest absolute Gasteiger partial charge is 0.338 e. The molecule has 0 radical (unpaired) electrons. The second-order valence-electron chi connectivity index (χ2n) is 15.0. The summed E-state index contributed by atoms with van der Waals surface area (Å²) in [6.45, 7) is -0.0435. The van der Waals surface area contributed by atoms with Gasteiger partial charge in [0.1, 0.15) is 66.8 Å². The molecule has 1 aromatic rings. The molecule has 1 aromatic carbocycles. The fourth-order valence-electron chi connectivity index (χ4n) is 8.39. The van der Waals surface area contributed by atoms with E-state index in [-0.39, 0.29) is 36.5 Å². The molecule has 1 aliphatic carbocycles. The number of Topliss-reactive ketones (excluding diaryl/α,β-unsaturated/α-hetero) is 1. The molecule has 5 heterocycles. The number of aliphatic hydroxyl groups excluding tert-OH is 8. The Morgan fingerprint density at radius 1 is 0.891 bits per heavy atom. The number of carbonyl (C=O) groups is 2. The van der Waals surface area contributed by atoms with E-state index in [4.69, 9.17) is 33.2 Å². The predicted octanol–water partition coefficient (Wildman–Crippen LogP) is -5.11. The fourth-order valence-corrected chi connectivity index (χ4v) is 10.5. The molecule has 1 spiro atoms. The molecule has 0 amide bonds. The Morgan fingerprint density at radius 2 is 1.53 bits per heavy atom. The number of esters is 1. The first kappa shape index (κ1) is 40.9. The second kappa shape index (κ2) is 15.5. The summed E-state index contributed by atoms with van der Waals surface area (Å²) in [4.78, 5) is 27.1. The molecule has 20 nitrogen and oxygen atoms in total. The van der Waals surface area contributed by atoms with Crippen molar-refractivity contribution in [1.82, 2.24) is 0 Å². The summed E-state index contributed by atoms with van der Waals surface area (Å²) < 4.78 is 54.8. The SMILES string of the molecule is C[C@@H]1CO[C@@]2(C[C@@H]1OC(=O)c1ccc(O)cc1)O[C@@H]1[C@@H]3[C@H](C[C@H](O)[C@]1(O)C2=O)[C@@H](O[C@@H]1O[C@H](CO)[C@@H](O)[C@H](O)[C@H]1O[C@@H]1O[C@H](CO)[C@@H](O)[C@H](O)[C@H]1O)C[S@@]3=O. The first-order valence-corrected chi connectivity index (χ1v) is 19.3. The lowest BCUT2D eigenvalue weighted by atomic mass is 9.70. The maximum Gasteiger partial charge on any atom is 0.338 e. The number of phenolic OH excluding ortho intramolecular Hbond substituents is 1. The molecular formula is C34H46O20S. The van der Waals surface area contributed by atoms with E-state index in [1.165, 1.54) is 24.3 Å². The van der Waals surface area contributed by atoms with Gasteiger partial charge >= 0.3 is 5.97 Å².